The Morgan fingerprint density at radius 1 is 1.08 bits per heavy atom. The number of aryl methyl sites for hydroxylation is 2. The largest absolute Gasteiger partial charge is 0.381 e. The number of anilines is 1. The molecule has 0 radical (unpaired) electrons. The molecule has 0 aromatic heterocycles. The van der Waals surface area contributed by atoms with E-state index in [0.717, 1.165) is 32.5 Å². The predicted octanol–water partition coefficient (Wildman–Crippen LogP) is 3.58. The van der Waals surface area contributed by atoms with E-state index in [2.05, 4.69) is 47.2 Å². The maximum atomic E-state index is 12.6. The molecule has 1 N–H and O–H groups in total. The fraction of sp³-hybridized carbons (Fsp3) is 0.667. The summed E-state index contributed by atoms with van der Waals surface area (Å²) >= 11 is 0. The van der Waals surface area contributed by atoms with Gasteiger partial charge in [0.2, 0.25) is 5.91 Å². The SMILES string of the molecule is Cc1ccc(N[C@@H]2CCCN(C(=O)CCN3CCCCC3)C2)cc1C. The number of rotatable bonds is 5. The number of carbonyl (C=O) groups is 1. The van der Waals surface area contributed by atoms with Crippen molar-refractivity contribution in [1.82, 2.24) is 9.80 Å². The van der Waals surface area contributed by atoms with Crippen molar-refractivity contribution in [2.75, 3.05) is 38.0 Å². The number of hydrogen-bond acceptors (Lipinski definition) is 3. The van der Waals surface area contributed by atoms with Crippen LogP contribution in [0.4, 0.5) is 5.69 Å². The van der Waals surface area contributed by atoms with Gasteiger partial charge in [-0.25, -0.2) is 0 Å². The van der Waals surface area contributed by atoms with Gasteiger partial charge in [0.1, 0.15) is 0 Å². The maximum absolute atomic E-state index is 12.6. The van der Waals surface area contributed by atoms with E-state index < -0.39 is 0 Å². The van der Waals surface area contributed by atoms with Crippen LogP contribution in [0.25, 0.3) is 0 Å². The summed E-state index contributed by atoms with van der Waals surface area (Å²) in [5.74, 6) is 0.331. The Morgan fingerprint density at radius 2 is 1.88 bits per heavy atom. The Labute approximate surface area is 152 Å². The summed E-state index contributed by atoms with van der Waals surface area (Å²) in [6, 6.07) is 6.91. The normalized spacial score (nSPS) is 22.0. The highest BCUT2D eigenvalue weighted by Gasteiger charge is 2.24. The molecule has 1 amide bonds. The highest BCUT2D eigenvalue weighted by Crippen LogP contribution is 2.19. The lowest BCUT2D eigenvalue weighted by Gasteiger charge is -2.34. The molecule has 1 aromatic carbocycles. The van der Waals surface area contributed by atoms with Crippen molar-refractivity contribution in [3.05, 3.63) is 29.3 Å². The molecule has 2 heterocycles. The van der Waals surface area contributed by atoms with Gasteiger partial charge >= 0.3 is 0 Å². The molecule has 138 valence electrons. The highest BCUT2D eigenvalue weighted by molar-refractivity contribution is 5.76. The highest BCUT2D eigenvalue weighted by atomic mass is 16.2. The van der Waals surface area contributed by atoms with E-state index in [-0.39, 0.29) is 0 Å². The van der Waals surface area contributed by atoms with E-state index in [1.54, 1.807) is 0 Å². The van der Waals surface area contributed by atoms with Gasteiger partial charge in [-0.3, -0.25) is 4.79 Å². The molecule has 0 spiro atoms. The second kappa shape index (κ2) is 8.70. The Kier molecular flexibility index (Phi) is 6.35. The van der Waals surface area contributed by atoms with Crippen LogP contribution in [0, 0.1) is 13.8 Å². The summed E-state index contributed by atoms with van der Waals surface area (Å²) in [5, 5.41) is 3.63. The fourth-order valence-corrected chi connectivity index (χ4v) is 3.98. The summed E-state index contributed by atoms with van der Waals surface area (Å²) < 4.78 is 0. The minimum Gasteiger partial charge on any atom is -0.381 e. The fourth-order valence-electron chi connectivity index (χ4n) is 3.98. The van der Waals surface area contributed by atoms with Crippen LogP contribution in [0.1, 0.15) is 49.7 Å². The van der Waals surface area contributed by atoms with Crippen LogP contribution in [0.15, 0.2) is 18.2 Å². The smallest absolute Gasteiger partial charge is 0.223 e. The van der Waals surface area contributed by atoms with Gasteiger partial charge in [0.15, 0.2) is 0 Å². The van der Waals surface area contributed by atoms with E-state index in [4.69, 9.17) is 0 Å². The van der Waals surface area contributed by atoms with E-state index in [9.17, 15) is 4.79 Å². The molecule has 4 nitrogen and oxygen atoms in total. The average Bonchev–Trinajstić information content (AvgIpc) is 2.64. The third-order valence-corrected chi connectivity index (χ3v) is 5.74. The summed E-state index contributed by atoms with van der Waals surface area (Å²) in [5.41, 5.74) is 3.81. The number of amides is 1. The number of hydrogen-bond donors (Lipinski definition) is 1. The zero-order valence-electron chi connectivity index (χ0n) is 15.9. The van der Waals surface area contributed by atoms with Gasteiger partial charge < -0.3 is 15.1 Å². The van der Waals surface area contributed by atoms with E-state index in [1.807, 2.05) is 0 Å². The van der Waals surface area contributed by atoms with E-state index in [0.29, 0.717) is 18.4 Å². The molecule has 1 aromatic rings. The second-order valence-corrected chi connectivity index (χ2v) is 7.77. The number of nitrogens with one attached hydrogen (secondary N) is 1. The van der Waals surface area contributed by atoms with Crippen LogP contribution in [0.5, 0.6) is 0 Å². The van der Waals surface area contributed by atoms with E-state index in [1.165, 1.54) is 49.2 Å². The topological polar surface area (TPSA) is 35.6 Å². The average molecular weight is 344 g/mol. The molecule has 0 bridgehead atoms. The first-order chi connectivity index (χ1) is 12.1. The van der Waals surface area contributed by atoms with E-state index >= 15 is 0 Å². The molecular weight excluding hydrogens is 310 g/mol. The quantitative estimate of drug-likeness (QED) is 0.887. The number of nitrogens with zero attached hydrogens (tertiary/aromatic N) is 2. The molecule has 0 unspecified atom stereocenters. The van der Waals surface area contributed by atoms with Gasteiger partial charge in [-0.2, -0.15) is 0 Å². The first kappa shape index (κ1) is 18.2. The molecule has 3 rings (SSSR count). The standard InChI is InChI=1S/C21H33N3O/c1-17-8-9-19(15-18(17)2)22-20-7-6-13-24(16-20)21(25)10-14-23-11-4-3-5-12-23/h8-9,15,20,22H,3-7,10-14,16H2,1-2H3/t20-/m1/s1. The summed E-state index contributed by atoms with van der Waals surface area (Å²) in [6.07, 6.45) is 6.85. The van der Waals surface area contributed by atoms with Gasteiger partial charge in [-0.15, -0.1) is 0 Å². The lowest BCUT2D eigenvalue weighted by molar-refractivity contribution is -0.132. The molecule has 0 saturated carbocycles. The van der Waals surface area contributed by atoms with Crippen molar-refractivity contribution in [2.24, 2.45) is 0 Å². The van der Waals surface area contributed by atoms with Crippen LogP contribution in [0.3, 0.4) is 0 Å². The summed E-state index contributed by atoms with van der Waals surface area (Å²) in [4.78, 5) is 17.1. The zero-order valence-corrected chi connectivity index (χ0v) is 15.9. The Bertz CT molecular complexity index is 581. The molecule has 2 saturated heterocycles. The molecule has 2 aliphatic heterocycles. The Hall–Kier alpha value is -1.55. The van der Waals surface area contributed by atoms with Crippen LogP contribution in [-0.2, 0) is 4.79 Å². The van der Waals surface area contributed by atoms with Crippen LogP contribution in [-0.4, -0.2) is 54.5 Å². The lowest BCUT2D eigenvalue weighted by Crippen LogP contribution is -2.46. The molecular formula is C21H33N3O. The Balaban J connectivity index is 1.48. The molecule has 0 aliphatic carbocycles. The molecule has 2 aliphatic rings. The molecule has 25 heavy (non-hydrogen) atoms. The van der Waals surface area contributed by atoms with Crippen molar-refractivity contribution in [1.29, 1.82) is 0 Å². The van der Waals surface area contributed by atoms with Crippen molar-refractivity contribution in [3.8, 4) is 0 Å². The van der Waals surface area contributed by atoms with Crippen LogP contribution < -0.4 is 5.32 Å². The maximum Gasteiger partial charge on any atom is 0.223 e. The van der Waals surface area contributed by atoms with Crippen molar-refractivity contribution in [2.45, 2.75) is 58.4 Å². The number of piperidine rings is 2. The van der Waals surface area contributed by atoms with Gasteiger partial charge in [0.05, 0.1) is 0 Å². The predicted molar refractivity (Wildman–Crippen MR) is 104 cm³/mol. The first-order valence-corrected chi connectivity index (χ1v) is 9.96. The summed E-state index contributed by atoms with van der Waals surface area (Å²) in [6.45, 7) is 9.33. The second-order valence-electron chi connectivity index (χ2n) is 7.77. The number of benzene rings is 1. The molecule has 4 heteroatoms. The molecule has 1 atom stereocenters. The minimum atomic E-state index is 0.331. The Morgan fingerprint density at radius 3 is 2.64 bits per heavy atom. The van der Waals surface area contributed by atoms with Crippen LogP contribution in [0.2, 0.25) is 0 Å². The minimum absolute atomic E-state index is 0.331. The molecule has 2 fully saturated rings. The summed E-state index contributed by atoms with van der Waals surface area (Å²) in [7, 11) is 0. The number of likely N-dealkylation sites (tertiary alicyclic amines) is 2. The third-order valence-electron chi connectivity index (χ3n) is 5.74. The van der Waals surface area contributed by atoms with Gasteiger partial charge in [-0.1, -0.05) is 12.5 Å². The van der Waals surface area contributed by atoms with Crippen molar-refractivity contribution >= 4 is 11.6 Å². The van der Waals surface area contributed by atoms with Crippen LogP contribution >= 0.6 is 0 Å². The van der Waals surface area contributed by atoms with Crippen molar-refractivity contribution in [3.63, 3.8) is 0 Å². The third kappa shape index (κ3) is 5.21. The first-order valence-electron chi connectivity index (χ1n) is 9.96. The monoisotopic (exact) mass is 343 g/mol. The van der Waals surface area contributed by atoms with Crippen molar-refractivity contribution < 1.29 is 4.79 Å². The number of carbonyl (C=O) groups excluding carboxylic acids is 1. The van der Waals surface area contributed by atoms with Gasteiger partial charge in [0, 0.05) is 37.8 Å². The van der Waals surface area contributed by atoms with Gasteiger partial charge in [0.25, 0.3) is 0 Å². The van der Waals surface area contributed by atoms with Gasteiger partial charge in [-0.05, 0) is 75.9 Å². The zero-order chi connectivity index (χ0) is 17.6. The lowest BCUT2D eigenvalue weighted by atomic mass is 10.0.